The number of nitrogens with zero attached hydrogens (tertiary/aromatic N) is 1. The Kier molecular flexibility index (Phi) is 1.98. The van der Waals surface area contributed by atoms with Crippen molar-refractivity contribution in [2.24, 2.45) is 0 Å². The molecule has 0 spiro atoms. The van der Waals surface area contributed by atoms with Gasteiger partial charge in [-0.25, -0.2) is 4.79 Å². The second-order valence-corrected chi connectivity index (χ2v) is 3.38. The summed E-state index contributed by atoms with van der Waals surface area (Å²) < 4.78 is 4.63. The zero-order valence-electron chi connectivity index (χ0n) is 6.98. The van der Waals surface area contributed by atoms with E-state index in [4.69, 9.17) is 0 Å². The molecule has 0 amide bonds. The van der Waals surface area contributed by atoms with Gasteiger partial charge < -0.3 is 4.74 Å². The number of carbonyl (C=O) groups excluding carboxylic acids is 1. The minimum Gasteiger partial charge on any atom is -0.465 e. The summed E-state index contributed by atoms with van der Waals surface area (Å²) in [4.78, 5) is 15.9. The lowest BCUT2D eigenvalue weighted by molar-refractivity contribution is 0.0608. The van der Waals surface area contributed by atoms with Gasteiger partial charge in [0, 0.05) is 17.0 Å². The summed E-state index contributed by atoms with van der Waals surface area (Å²) in [5, 5.41) is 2.88. The number of rotatable bonds is 1. The molecular formula is C9H7NO2S. The van der Waals surface area contributed by atoms with Crippen molar-refractivity contribution in [1.82, 2.24) is 4.98 Å². The van der Waals surface area contributed by atoms with Crippen LogP contribution in [0.15, 0.2) is 23.7 Å². The monoisotopic (exact) mass is 193 g/mol. The molecule has 2 rings (SSSR count). The molecule has 0 atom stereocenters. The highest BCUT2D eigenvalue weighted by atomic mass is 32.1. The van der Waals surface area contributed by atoms with Crippen molar-refractivity contribution >= 4 is 28.2 Å². The van der Waals surface area contributed by atoms with E-state index in [-0.39, 0.29) is 5.97 Å². The maximum absolute atomic E-state index is 11.2. The van der Waals surface area contributed by atoms with Gasteiger partial charge in [0.05, 0.1) is 12.6 Å². The van der Waals surface area contributed by atoms with Crippen molar-refractivity contribution in [3.05, 3.63) is 28.6 Å². The van der Waals surface area contributed by atoms with Crippen LogP contribution >= 0.6 is 11.3 Å². The fourth-order valence-corrected chi connectivity index (χ4v) is 2.02. The molecule has 0 saturated heterocycles. The van der Waals surface area contributed by atoms with Crippen LogP contribution in [0.4, 0.5) is 0 Å². The lowest BCUT2D eigenvalue weighted by Gasteiger charge is -1.94. The number of aromatic nitrogens is 1. The molecule has 13 heavy (non-hydrogen) atoms. The summed E-state index contributed by atoms with van der Waals surface area (Å²) in [5.74, 6) is -0.321. The Morgan fingerprint density at radius 1 is 1.62 bits per heavy atom. The third-order valence-corrected chi connectivity index (χ3v) is 2.70. The standard InChI is InChI=1S/C9H7NO2S/c1-12-9(11)8-7-6(5-13-8)3-2-4-10-7/h2-5H,1H3. The highest BCUT2D eigenvalue weighted by Crippen LogP contribution is 2.23. The minimum absolute atomic E-state index is 0.321. The maximum atomic E-state index is 11.2. The molecule has 0 radical (unpaired) electrons. The van der Waals surface area contributed by atoms with E-state index in [9.17, 15) is 4.79 Å². The predicted octanol–water partition coefficient (Wildman–Crippen LogP) is 2.08. The zero-order chi connectivity index (χ0) is 9.26. The summed E-state index contributed by atoms with van der Waals surface area (Å²) in [5.41, 5.74) is 0.722. The van der Waals surface area contributed by atoms with E-state index in [1.54, 1.807) is 6.20 Å². The van der Waals surface area contributed by atoms with Crippen LogP contribution in [0.5, 0.6) is 0 Å². The van der Waals surface area contributed by atoms with E-state index in [1.165, 1.54) is 18.4 Å². The predicted molar refractivity (Wildman–Crippen MR) is 51.0 cm³/mol. The molecule has 2 aromatic rings. The number of esters is 1. The molecule has 0 saturated carbocycles. The number of hydrogen-bond acceptors (Lipinski definition) is 4. The number of ether oxygens (including phenoxy) is 1. The van der Waals surface area contributed by atoms with Crippen molar-refractivity contribution in [1.29, 1.82) is 0 Å². The fourth-order valence-electron chi connectivity index (χ4n) is 1.12. The quantitative estimate of drug-likeness (QED) is 0.651. The van der Waals surface area contributed by atoms with Gasteiger partial charge in [0.1, 0.15) is 4.88 Å². The molecule has 3 nitrogen and oxygen atoms in total. The van der Waals surface area contributed by atoms with Gasteiger partial charge in [-0.1, -0.05) is 6.07 Å². The number of carbonyl (C=O) groups is 1. The summed E-state index contributed by atoms with van der Waals surface area (Å²) in [7, 11) is 1.37. The van der Waals surface area contributed by atoms with Gasteiger partial charge in [-0.15, -0.1) is 11.3 Å². The van der Waals surface area contributed by atoms with Gasteiger partial charge in [0.2, 0.25) is 0 Å². The molecule has 0 aliphatic carbocycles. The molecule has 0 fully saturated rings. The average molecular weight is 193 g/mol. The molecule has 0 unspecified atom stereocenters. The lowest BCUT2D eigenvalue weighted by Crippen LogP contribution is -1.98. The first-order chi connectivity index (χ1) is 6.33. The van der Waals surface area contributed by atoms with Gasteiger partial charge in [-0.3, -0.25) is 4.98 Å². The highest BCUT2D eigenvalue weighted by Gasteiger charge is 2.12. The summed E-state index contributed by atoms with van der Waals surface area (Å²) in [6, 6.07) is 3.77. The van der Waals surface area contributed by atoms with Crippen LogP contribution in [0.25, 0.3) is 10.9 Å². The van der Waals surface area contributed by atoms with E-state index >= 15 is 0 Å². The second-order valence-electron chi connectivity index (χ2n) is 2.50. The average Bonchev–Trinajstić information content (AvgIpc) is 2.60. The van der Waals surface area contributed by atoms with Crippen LogP contribution in [0.1, 0.15) is 9.67 Å². The molecule has 0 aliphatic heterocycles. The van der Waals surface area contributed by atoms with Gasteiger partial charge >= 0.3 is 5.97 Å². The Morgan fingerprint density at radius 3 is 3.23 bits per heavy atom. The van der Waals surface area contributed by atoms with Crippen molar-refractivity contribution in [2.45, 2.75) is 0 Å². The molecule has 2 heterocycles. The first-order valence-electron chi connectivity index (χ1n) is 3.73. The summed E-state index contributed by atoms with van der Waals surface area (Å²) in [6.07, 6.45) is 1.67. The van der Waals surface area contributed by atoms with E-state index in [0.29, 0.717) is 4.88 Å². The van der Waals surface area contributed by atoms with E-state index in [0.717, 1.165) is 10.9 Å². The minimum atomic E-state index is -0.321. The fraction of sp³-hybridized carbons (Fsp3) is 0.111. The third kappa shape index (κ3) is 1.29. The maximum Gasteiger partial charge on any atom is 0.350 e. The molecule has 0 N–H and O–H groups in total. The van der Waals surface area contributed by atoms with Crippen molar-refractivity contribution in [3.8, 4) is 0 Å². The number of thiophene rings is 1. The van der Waals surface area contributed by atoms with E-state index in [2.05, 4.69) is 9.72 Å². The van der Waals surface area contributed by atoms with Crippen LogP contribution in [0.2, 0.25) is 0 Å². The second kappa shape index (κ2) is 3.14. The lowest BCUT2D eigenvalue weighted by atomic mass is 10.3. The molecule has 0 bridgehead atoms. The molecule has 0 aromatic carbocycles. The van der Waals surface area contributed by atoms with Crippen molar-refractivity contribution in [2.75, 3.05) is 7.11 Å². The highest BCUT2D eigenvalue weighted by molar-refractivity contribution is 7.13. The number of hydrogen-bond donors (Lipinski definition) is 0. The van der Waals surface area contributed by atoms with Gasteiger partial charge in [0.15, 0.2) is 0 Å². The Bertz CT molecular complexity index is 450. The number of methoxy groups -OCH3 is 1. The third-order valence-electron chi connectivity index (χ3n) is 1.73. The van der Waals surface area contributed by atoms with Crippen LogP contribution in [0.3, 0.4) is 0 Å². The van der Waals surface area contributed by atoms with Crippen molar-refractivity contribution < 1.29 is 9.53 Å². The van der Waals surface area contributed by atoms with E-state index < -0.39 is 0 Å². The smallest absolute Gasteiger partial charge is 0.350 e. The van der Waals surface area contributed by atoms with Crippen LogP contribution in [-0.4, -0.2) is 18.1 Å². The Hall–Kier alpha value is -1.42. The molecule has 4 heteroatoms. The van der Waals surface area contributed by atoms with Gasteiger partial charge in [-0.2, -0.15) is 0 Å². The van der Waals surface area contributed by atoms with Crippen LogP contribution < -0.4 is 0 Å². The Labute approximate surface area is 79.0 Å². The first-order valence-corrected chi connectivity index (χ1v) is 4.61. The zero-order valence-corrected chi connectivity index (χ0v) is 7.80. The largest absolute Gasteiger partial charge is 0.465 e. The van der Waals surface area contributed by atoms with Gasteiger partial charge in [0.25, 0.3) is 0 Å². The van der Waals surface area contributed by atoms with E-state index in [1.807, 2.05) is 17.5 Å². The molecule has 0 aliphatic rings. The van der Waals surface area contributed by atoms with Crippen LogP contribution in [-0.2, 0) is 4.74 Å². The normalized spacial score (nSPS) is 10.2. The van der Waals surface area contributed by atoms with Crippen molar-refractivity contribution in [3.63, 3.8) is 0 Å². The van der Waals surface area contributed by atoms with Crippen LogP contribution in [0, 0.1) is 0 Å². The molecule has 66 valence electrons. The number of fused-ring (bicyclic) bond motifs is 1. The Morgan fingerprint density at radius 2 is 2.46 bits per heavy atom. The summed E-state index contributed by atoms with van der Waals surface area (Å²) >= 11 is 1.36. The number of pyridine rings is 1. The topological polar surface area (TPSA) is 39.2 Å². The molecular weight excluding hydrogens is 186 g/mol. The first kappa shape index (κ1) is 8.19. The SMILES string of the molecule is COC(=O)c1scc2cccnc12. The Balaban J connectivity index is 2.64. The van der Waals surface area contributed by atoms with Gasteiger partial charge in [-0.05, 0) is 6.07 Å². The summed E-state index contributed by atoms with van der Waals surface area (Å²) in [6.45, 7) is 0. The molecule has 2 aromatic heterocycles.